The highest BCUT2D eigenvalue weighted by atomic mass is 79.9. The van der Waals surface area contributed by atoms with Crippen molar-refractivity contribution < 1.29 is 4.79 Å². The highest BCUT2D eigenvalue weighted by Gasteiger charge is 2.41. The summed E-state index contributed by atoms with van der Waals surface area (Å²) in [6.07, 6.45) is 1.81. The minimum absolute atomic E-state index is 0.00531. The normalized spacial score (nSPS) is 18.4. The van der Waals surface area contributed by atoms with Crippen molar-refractivity contribution in [3.8, 4) is 0 Å². The molecule has 0 saturated carbocycles. The van der Waals surface area contributed by atoms with Crippen molar-refractivity contribution in [2.45, 2.75) is 32.9 Å². The third-order valence-electron chi connectivity index (χ3n) is 5.25. The lowest BCUT2D eigenvalue weighted by atomic mass is 10.0. The largest absolute Gasteiger partial charge is 0.351 e. The number of aromatic nitrogens is 1. The molecule has 3 heterocycles. The molecule has 1 amide bonds. The van der Waals surface area contributed by atoms with Gasteiger partial charge in [0.1, 0.15) is 0 Å². The Hall–Kier alpha value is -2.29. The van der Waals surface area contributed by atoms with Gasteiger partial charge in [0, 0.05) is 38.2 Å². The molecule has 0 spiro atoms. The van der Waals surface area contributed by atoms with Gasteiger partial charge >= 0.3 is 0 Å². The number of hydrogen-bond acceptors (Lipinski definition) is 4. The molecule has 0 bridgehead atoms. The van der Waals surface area contributed by atoms with E-state index in [0.29, 0.717) is 5.11 Å². The summed E-state index contributed by atoms with van der Waals surface area (Å²) in [6, 6.07) is 14.0. The summed E-state index contributed by atoms with van der Waals surface area (Å²) in [5, 5.41) is 9.21. The van der Waals surface area contributed by atoms with Crippen LogP contribution in [0.5, 0.6) is 0 Å². The summed E-state index contributed by atoms with van der Waals surface area (Å²) in [5.41, 5.74) is 3.73. The minimum Gasteiger partial charge on any atom is -0.351 e. The van der Waals surface area contributed by atoms with Crippen LogP contribution in [-0.2, 0) is 4.79 Å². The standard InChI is InChI=1S/C23H23BrN4OS2/c1-13(2)22(29)26-17-8-7-16(10-14(17)3)28-21(19-11-15(24)12-31-19)20(27-23(28)30)18-6-4-5-9-25-18/h4-13,20-21H,1-3H3,(H,26,29)(H,27,30)/t20-,21+/m0/s1. The number of thiophene rings is 1. The summed E-state index contributed by atoms with van der Waals surface area (Å²) in [4.78, 5) is 20.0. The summed E-state index contributed by atoms with van der Waals surface area (Å²) in [6.45, 7) is 5.77. The maximum atomic E-state index is 12.1. The molecule has 5 nitrogen and oxygen atoms in total. The number of hydrogen-bond donors (Lipinski definition) is 2. The number of amides is 1. The van der Waals surface area contributed by atoms with Crippen LogP contribution in [0.1, 0.15) is 42.1 Å². The quantitative estimate of drug-likeness (QED) is 0.409. The predicted octanol–water partition coefficient (Wildman–Crippen LogP) is 5.99. The highest BCUT2D eigenvalue weighted by Crippen LogP contribution is 2.44. The molecule has 1 fully saturated rings. The topological polar surface area (TPSA) is 57.3 Å². The van der Waals surface area contributed by atoms with Crippen molar-refractivity contribution in [1.82, 2.24) is 10.3 Å². The fourth-order valence-corrected chi connectivity index (χ4v) is 5.54. The van der Waals surface area contributed by atoms with Gasteiger partial charge in [0.15, 0.2) is 5.11 Å². The van der Waals surface area contributed by atoms with Gasteiger partial charge in [-0.2, -0.15) is 0 Å². The van der Waals surface area contributed by atoms with Crippen molar-refractivity contribution in [3.05, 3.63) is 74.6 Å². The predicted molar refractivity (Wildman–Crippen MR) is 135 cm³/mol. The van der Waals surface area contributed by atoms with E-state index in [4.69, 9.17) is 12.2 Å². The van der Waals surface area contributed by atoms with E-state index in [1.165, 1.54) is 4.88 Å². The van der Waals surface area contributed by atoms with Crippen molar-refractivity contribution >= 4 is 61.9 Å². The Morgan fingerprint density at radius 1 is 1.29 bits per heavy atom. The fourth-order valence-electron chi connectivity index (χ4n) is 3.62. The van der Waals surface area contributed by atoms with Crippen LogP contribution in [0.4, 0.5) is 11.4 Å². The van der Waals surface area contributed by atoms with Crippen LogP contribution in [-0.4, -0.2) is 16.0 Å². The number of anilines is 2. The van der Waals surface area contributed by atoms with E-state index in [1.807, 2.05) is 51.1 Å². The third-order valence-corrected chi connectivity index (χ3v) is 7.33. The molecule has 2 N–H and O–H groups in total. The van der Waals surface area contributed by atoms with Crippen molar-refractivity contribution in [3.63, 3.8) is 0 Å². The Labute approximate surface area is 200 Å². The zero-order valence-corrected chi connectivity index (χ0v) is 20.6. The number of aryl methyl sites for hydroxylation is 1. The number of halogens is 1. The van der Waals surface area contributed by atoms with E-state index in [9.17, 15) is 4.79 Å². The number of rotatable bonds is 5. The van der Waals surface area contributed by atoms with Gasteiger partial charge in [-0.25, -0.2) is 0 Å². The molecule has 8 heteroatoms. The van der Waals surface area contributed by atoms with Crippen molar-refractivity contribution in [2.75, 3.05) is 10.2 Å². The summed E-state index contributed by atoms with van der Waals surface area (Å²) < 4.78 is 1.05. The van der Waals surface area contributed by atoms with E-state index < -0.39 is 0 Å². The van der Waals surface area contributed by atoms with E-state index in [0.717, 1.165) is 27.1 Å². The first kappa shape index (κ1) is 21.9. The molecule has 0 unspecified atom stereocenters. The average molecular weight is 516 g/mol. The van der Waals surface area contributed by atoms with Crippen LogP contribution in [0.15, 0.2) is 58.5 Å². The first-order valence-corrected chi connectivity index (χ1v) is 12.1. The Kier molecular flexibility index (Phi) is 6.41. The van der Waals surface area contributed by atoms with Crippen molar-refractivity contribution in [2.24, 2.45) is 5.92 Å². The summed E-state index contributed by atoms with van der Waals surface area (Å²) in [7, 11) is 0. The van der Waals surface area contributed by atoms with Crippen LogP contribution in [0, 0.1) is 12.8 Å². The molecule has 160 valence electrons. The molecule has 2 aromatic heterocycles. The molecular weight excluding hydrogens is 492 g/mol. The van der Waals surface area contributed by atoms with Gasteiger partial charge in [0.05, 0.1) is 17.8 Å². The molecular formula is C23H23BrN4OS2. The third kappa shape index (κ3) is 4.51. The lowest BCUT2D eigenvalue weighted by Gasteiger charge is -2.27. The molecule has 0 radical (unpaired) electrons. The number of carbonyl (C=O) groups is 1. The fraction of sp³-hybridized carbons (Fsp3) is 0.261. The van der Waals surface area contributed by atoms with Gasteiger partial charge in [-0.15, -0.1) is 11.3 Å². The smallest absolute Gasteiger partial charge is 0.226 e. The summed E-state index contributed by atoms with van der Waals surface area (Å²) >= 11 is 11.1. The number of thiocarbonyl (C=S) groups is 1. The molecule has 1 aliphatic rings. The first-order chi connectivity index (χ1) is 14.8. The second kappa shape index (κ2) is 9.06. The lowest BCUT2D eigenvalue weighted by molar-refractivity contribution is -0.118. The zero-order chi connectivity index (χ0) is 22.1. The van der Waals surface area contributed by atoms with E-state index >= 15 is 0 Å². The monoisotopic (exact) mass is 514 g/mol. The Bertz CT molecular complexity index is 1120. The van der Waals surface area contributed by atoms with Gasteiger partial charge in [-0.05, 0) is 77.0 Å². The van der Waals surface area contributed by atoms with Crippen LogP contribution in [0.2, 0.25) is 0 Å². The molecule has 1 aromatic carbocycles. The van der Waals surface area contributed by atoms with E-state index in [1.54, 1.807) is 17.5 Å². The van der Waals surface area contributed by atoms with Crippen LogP contribution >= 0.6 is 39.5 Å². The molecule has 4 rings (SSSR count). The van der Waals surface area contributed by atoms with Gasteiger partial charge in [-0.1, -0.05) is 19.9 Å². The molecule has 3 aromatic rings. The van der Waals surface area contributed by atoms with Crippen LogP contribution in [0.3, 0.4) is 0 Å². The molecule has 1 aliphatic heterocycles. The van der Waals surface area contributed by atoms with Crippen molar-refractivity contribution in [1.29, 1.82) is 0 Å². The second-order valence-electron chi connectivity index (χ2n) is 7.81. The SMILES string of the molecule is Cc1cc(N2C(=S)N[C@@H](c3ccccn3)[C@H]2c2cc(Br)cs2)ccc1NC(=O)C(C)C. The van der Waals surface area contributed by atoms with E-state index in [2.05, 4.69) is 54.0 Å². The minimum atomic E-state index is -0.0739. The van der Waals surface area contributed by atoms with Gasteiger partial charge < -0.3 is 15.5 Å². The van der Waals surface area contributed by atoms with E-state index in [-0.39, 0.29) is 23.9 Å². The number of nitrogens with one attached hydrogen (secondary N) is 2. The Balaban J connectivity index is 1.73. The number of nitrogens with zero attached hydrogens (tertiary/aromatic N) is 2. The van der Waals surface area contributed by atoms with Gasteiger partial charge in [0.25, 0.3) is 0 Å². The van der Waals surface area contributed by atoms with Gasteiger partial charge in [0.2, 0.25) is 5.91 Å². The van der Waals surface area contributed by atoms with Gasteiger partial charge in [-0.3, -0.25) is 9.78 Å². The lowest BCUT2D eigenvalue weighted by Crippen LogP contribution is -2.29. The van der Waals surface area contributed by atoms with Crippen LogP contribution in [0.25, 0.3) is 0 Å². The molecule has 1 saturated heterocycles. The van der Waals surface area contributed by atoms with Crippen LogP contribution < -0.4 is 15.5 Å². The number of carbonyl (C=O) groups excluding carboxylic acids is 1. The molecule has 31 heavy (non-hydrogen) atoms. The molecule has 2 atom stereocenters. The maximum Gasteiger partial charge on any atom is 0.226 e. The zero-order valence-electron chi connectivity index (χ0n) is 17.4. The Morgan fingerprint density at radius 2 is 2.10 bits per heavy atom. The Morgan fingerprint density at radius 3 is 2.71 bits per heavy atom. The maximum absolute atomic E-state index is 12.1. The number of benzene rings is 1. The summed E-state index contributed by atoms with van der Waals surface area (Å²) in [5.74, 6) is -0.0686. The first-order valence-electron chi connectivity index (χ1n) is 10.0. The molecule has 0 aliphatic carbocycles. The average Bonchev–Trinajstić information content (AvgIpc) is 3.32. The number of pyridine rings is 1. The highest BCUT2D eigenvalue weighted by molar-refractivity contribution is 9.10. The second-order valence-corrected chi connectivity index (χ2v) is 10.1.